The first-order valence-electron chi connectivity index (χ1n) is 7.69. The van der Waals surface area contributed by atoms with Crippen LogP contribution in [0.4, 0.5) is 18.9 Å². The van der Waals surface area contributed by atoms with Crippen molar-refractivity contribution in [3.63, 3.8) is 0 Å². The quantitative estimate of drug-likeness (QED) is 0.901. The fourth-order valence-electron chi connectivity index (χ4n) is 2.53. The standard InChI is InChI=1S/C18H16F3NO3/c1-11-2-4-14(16(8-11)25-10-18(19,20)21)22-17(23)13-3-5-15-12(9-13)6-7-24-15/h2-5,8-9H,6-7,10H2,1H3,(H,22,23). The predicted octanol–water partition coefficient (Wildman–Crippen LogP) is 4.12. The van der Waals surface area contributed by atoms with Gasteiger partial charge in [0.25, 0.3) is 5.91 Å². The van der Waals surface area contributed by atoms with Gasteiger partial charge in [0.15, 0.2) is 6.61 Å². The molecule has 2 aromatic rings. The number of nitrogens with one attached hydrogen (secondary N) is 1. The number of aryl methyl sites for hydroxylation is 1. The van der Waals surface area contributed by atoms with Crippen molar-refractivity contribution < 1.29 is 27.4 Å². The maximum Gasteiger partial charge on any atom is 0.422 e. The van der Waals surface area contributed by atoms with Crippen LogP contribution in [0.2, 0.25) is 0 Å². The van der Waals surface area contributed by atoms with Gasteiger partial charge in [-0.2, -0.15) is 13.2 Å². The van der Waals surface area contributed by atoms with E-state index in [0.717, 1.165) is 23.3 Å². The van der Waals surface area contributed by atoms with E-state index in [1.165, 1.54) is 12.1 Å². The molecule has 4 nitrogen and oxygen atoms in total. The molecule has 3 rings (SSSR count). The van der Waals surface area contributed by atoms with Crippen LogP contribution in [0.15, 0.2) is 36.4 Å². The normalized spacial score (nSPS) is 13.1. The Bertz CT molecular complexity index is 803. The number of hydrogen-bond donors (Lipinski definition) is 1. The minimum atomic E-state index is -4.45. The van der Waals surface area contributed by atoms with Gasteiger partial charge in [0.2, 0.25) is 0 Å². The molecule has 0 spiro atoms. The topological polar surface area (TPSA) is 47.6 Å². The van der Waals surface area contributed by atoms with Crippen molar-refractivity contribution in [3.8, 4) is 11.5 Å². The molecule has 0 radical (unpaired) electrons. The molecule has 0 unspecified atom stereocenters. The molecule has 1 amide bonds. The Balaban J connectivity index is 1.78. The maximum atomic E-state index is 12.4. The molecule has 1 aliphatic heterocycles. The van der Waals surface area contributed by atoms with Gasteiger partial charge < -0.3 is 14.8 Å². The number of alkyl halides is 3. The van der Waals surface area contributed by atoms with Crippen LogP contribution >= 0.6 is 0 Å². The lowest BCUT2D eigenvalue weighted by molar-refractivity contribution is -0.153. The van der Waals surface area contributed by atoms with Crippen LogP contribution in [0.25, 0.3) is 0 Å². The lowest BCUT2D eigenvalue weighted by Crippen LogP contribution is -2.20. The minimum absolute atomic E-state index is 0.0184. The molecule has 132 valence electrons. The van der Waals surface area contributed by atoms with Crippen LogP contribution in [0.1, 0.15) is 21.5 Å². The number of halogens is 3. The summed E-state index contributed by atoms with van der Waals surface area (Å²) in [6.07, 6.45) is -3.73. The third-order valence-corrected chi connectivity index (χ3v) is 3.73. The van der Waals surface area contributed by atoms with Gasteiger partial charge in [-0.1, -0.05) is 6.07 Å². The SMILES string of the molecule is Cc1ccc(NC(=O)c2ccc3c(c2)CCO3)c(OCC(F)(F)F)c1. The smallest absolute Gasteiger partial charge is 0.422 e. The number of carbonyl (C=O) groups excluding carboxylic acids is 1. The number of anilines is 1. The van der Waals surface area contributed by atoms with Crippen LogP contribution in [-0.2, 0) is 6.42 Å². The van der Waals surface area contributed by atoms with E-state index >= 15 is 0 Å². The third-order valence-electron chi connectivity index (χ3n) is 3.73. The van der Waals surface area contributed by atoms with E-state index in [9.17, 15) is 18.0 Å². The summed E-state index contributed by atoms with van der Waals surface area (Å²) in [5.74, 6) is 0.312. The first-order valence-corrected chi connectivity index (χ1v) is 7.69. The van der Waals surface area contributed by atoms with Crippen molar-refractivity contribution in [2.24, 2.45) is 0 Å². The molecule has 0 aromatic heterocycles. The van der Waals surface area contributed by atoms with E-state index in [4.69, 9.17) is 9.47 Å². The fourth-order valence-corrected chi connectivity index (χ4v) is 2.53. The van der Waals surface area contributed by atoms with E-state index < -0.39 is 18.7 Å². The Kier molecular flexibility index (Phi) is 4.57. The predicted molar refractivity (Wildman–Crippen MR) is 86.3 cm³/mol. The van der Waals surface area contributed by atoms with E-state index in [-0.39, 0.29) is 11.4 Å². The van der Waals surface area contributed by atoms with Crippen molar-refractivity contribution in [1.82, 2.24) is 0 Å². The second kappa shape index (κ2) is 6.66. The summed E-state index contributed by atoms with van der Waals surface area (Å²) in [5.41, 5.74) is 2.26. The molecule has 7 heteroatoms. The Morgan fingerprint density at radius 2 is 2.04 bits per heavy atom. The highest BCUT2D eigenvalue weighted by molar-refractivity contribution is 6.05. The first-order chi connectivity index (χ1) is 11.8. The van der Waals surface area contributed by atoms with Crippen molar-refractivity contribution in [2.45, 2.75) is 19.5 Å². The van der Waals surface area contributed by atoms with Gasteiger partial charge in [-0.25, -0.2) is 0 Å². The number of rotatable bonds is 4. The van der Waals surface area contributed by atoms with Gasteiger partial charge in [-0.15, -0.1) is 0 Å². The molecule has 1 N–H and O–H groups in total. The van der Waals surface area contributed by atoms with Gasteiger partial charge in [-0.3, -0.25) is 4.79 Å². The summed E-state index contributed by atoms with van der Waals surface area (Å²) >= 11 is 0. The summed E-state index contributed by atoms with van der Waals surface area (Å²) in [7, 11) is 0. The van der Waals surface area contributed by atoms with Crippen molar-refractivity contribution >= 4 is 11.6 Å². The largest absolute Gasteiger partial charge is 0.493 e. The van der Waals surface area contributed by atoms with Crippen LogP contribution in [0.5, 0.6) is 11.5 Å². The Hall–Kier alpha value is -2.70. The summed E-state index contributed by atoms with van der Waals surface area (Å²) in [6, 6.07) is 9.72. The summed E-state index contributed by atoms with van der Waals surface area (Å²) in [5, 5.41) is 2.61. The fraction of sp³-hybridized carbons (Fsp3) is 0.278. The van der Waals surface area contributed by atoms with E-state index in [1.807, 2.05) is 0 Å². The molecule has 0 saturated heterocycles. The number of amides is 1. The van der Waals surface area contributed by atoms with Crippen molar-refractivity contribution in [3.05, 3.63) is 53.1 Å². The van der Waals surface area contributed by atoms with Crippen molar-refractivity contribution in [2.75, 3.05) is 18.5 Å². The summed E-state index contributed by atoms with van der Waals surface area (Å²) in [6.45, 7) is 0.885. The monoisotopic (exact) mass is 351 g/mol. The highest BCUT2D eigenvalue weighted by atomic mass is 19.4. The lowest BCUT2D eigenvalue weighted by Gasteiger charge is -2.15. The zero-order valence-corrected chi connectivity index (χ0v) is 13.4. The molecular weight excluding hydrogens is 335 g/mol. The highest BCUT2D eigenvalue weighted by Crippen LogP contribution is 2.30. The van der Waals surface area contributed by atoms with Gasteiger partial charge in [-0.05, 0) is 48.4 Å². The van der Waals surface area contributed by atoms with Crippen LogP contribution < -0.4 is 14.8 Å². The molecule has 0 saturated carbocycles. The number of fused-ring (bicyclic) bond motifs is 1. The summed E-state index contributed by atoms with van der Waals surface area (Å²) < 4.78 is 47.4. The maximum absolute atomic E-state index is 12.4. The zero-order chi connectivity index (χ0) is 18.0. The Morgan fingerprint density at radius 3 is 2.80 bits per heavy atom. The number of ether oxygens (including phenoxy) is 2. The molecule has 2 aromatic carbocycles. The average molecular weight is 351 g/mol. The molecule has 0 bridgehead atoms. The Morgan fingerprint density at radius 1 is 1.24 bits per heavy atom. The Labute approximate surface area is 142 Å². The van der Waals surface area contributed by atoms with E-state index in [1.54, 1.807) is 31.2 Å². The molecule has 0 atom stereocenters. The lowest BCUT2D eigenvalue weighted by atomic mass is 10.1. The molecular formula is C18H16F3NO3. The minimum Gasteiger partial charge on any atom is -0.493 e. The highest BCUT2D eigenvalue weighted by Gasteiger charge is 2.29. The van der Waals surface area contributed by atoms with Crippen LogP contribution in [0.3, 0.4) is 0 Å². The summed E-state index contributed by atoms with van der Waals surface area (Å²) in [4.78, 5) is 12.4. The van der Waals surface area contributed by atoms with Crippen LogP contribution in [0, 0.1) is 6.92 Å². The molecule has 1 aliphatic rings. The second-order valence-corrected chi connectivity index (χ2v) is 5.78. The molecule has 0 aliphatic carbocycles. The average Bonchev–Trinajstić information content (AvgIpc) is 3.01. The first kappa shape index (κ1) is 17.1. The van der Waals surface area contributed by atoms with Gasteiger partial charge in [0, 0.05) is 12.0 Å². The van der Waals surface area contributed by atoms with Gasteiger partial charge in [0.05, 0.1) is 12.3 Å². The molecule has 1 heterocycles. The third kappa shape index (κ3) is 4.23. The molecule has 25 heavy (non-hydrogen) atoms. The number of benzene rings is 2. The van der Waals surface area contributed by atoms with Crippen LogP contribution in [-0.4, -0.2) is 25.3 Å². The van der Waals surface area contributed by atoms with Gasteiger partial charge in [0.1, 0.15) is 11.5 Å². The van der Waals surface area contributed by atoms with Crippen molar-refractivity contribution in [1.29, 1.82) is 0 Å². The zero-order valence-electron chi connectivity index (χ0n) is 13.4. The van der Waals surface area contributed by atoms with E-state index in [0.29, 0.717) is 12.2 Å². The molecule has 0 fully saturated rings. The van der Waals surface area contributed by atoms with E-state index in [2.05, 4.69) is 5.32 Å². The number of carbonyl (C=O) groups is 1. The number of hydrogen-bond acceptors (Lipinski definition) is 3. The van der Waals surface area contributed by atoms with Gasteiger partial charge >= 0.3 is 6.18 Å². The second-order valence-electron chi connectivity index (χ2n) is 5.78.